The van der Waals surface area contributed by atoms with E-state index in [1.165, 1.54) is 12.2 Å². The molecule has 1 fully saturated rings. The number of halogens is 1. The average molecular weight is 282 g/mol. The van der Waals surface area contributed by atoms with E-state index < -0.39 is 0 Å². The van der Waals surface area contributed by atoms with Crippen molar-refractivity contribution in [2.45, 2.75) is 32.4 Å². The number of thioether (sulfide) groups is 1. The standard InChI is InChI=1S/C15H23FN2S/c1-4-17-11(2)15-13(16)6-5-7-14(15)18(3)12-8-9-19-10-12/h5-7,11-12,17H,4,8-10H2,1-3H3. The number of hydrogen-bond donors (Lipinski definition) is 1. The SMILES string of the molecule is CCNC(C)c1c(F)cccc1N(C)C1CCSC1. The summed E-state index contributed by atoms with van der Waals surface area (Å²) in [5, 5.41) is 3.32. The maximum atomic E-state index is 14.2. The van der Waals surface area contributed by atoms with Gasteiger partial charge in [0.2, 0.25) is 0 Å². The minimum Gasteiger partial charge on any atom is -0.370 e. The quantitative estimate of drug-likeness (QED) is 0.890. The van der Waals surface area contributed by atoms with Crippen molar-refractivity contribution in [3.8, 4) is 0 Å². The minimum absolute atomic E-state index is 0.0395. The minimum atomic E-state index is -0.108. The molecule has 1 saturated heterocycles. The average Bonchev–Trinajstić information content (AvgIpc) is 2.91. The highest BCUT2D eigenvalue weighted by Gasteiger charge is 2.24. The third-order valence-electron chi connectivity index (χ3n) is 3.81. The van der Waals surface area contributed by atoms with Crippen molar-refractivity contribution < 1.29 is 4.39 Å². The molecule has 19 heavy (non-hydrogen) atoms. The summed E-state index contributed by atoms with van der Waals surface area (Å²) in [5.41, 5.74) is 1.82. The van der Waals surface area contributed by atoms with E-state index in [4.69, 9.17) is 0 Å². The number of hydrogen-bond acceptors (Lipinski definition) is 3. The molecule has 0 bridgehead atoms. The molecule has 1 N–H and O–H groups in total. The Morgan fingerprint density at radius 3 is 2.95 bits per heavy atom. The number of nitrogens with zero attached hydrogens (tertiary/aromatic N) is 1. The van der Waals surface area contributed by atoms with Crippen LogP contribution in [0.4, 0.5) is 10.1 Å². The van der Waals surface area contributed by atoms with Gasteiger partial charge in [0, 0.05) is 36.1 Å². The smallest absolute Gasteiger partial charge is 0.130 e. The van der Waals surface area contributed by atoms with Crippen molar-refractivity contribution in [2.75, 3.05) is 30.0 Å². The summed E-state index contributed by atoms with van der Waals surface area (Å²) in [6.07, 6.45) is 1.19. The fourth-order valence-corrected chi connectivity index (χ4v) is 3.96. The zero-order valence-electron chi connectivity index (χ0n) is 11.9. The van der Waals surface area contributed by atoms with Gasteiger partial charge in [0.15, 0.2) is 0 Å². The van der Waals surface area contributed by atoms with E-state index in [0.717, 1.165) is 23.5 Å². The van der Waals surface area contributed by atoms with Gasteiger partial charge in [-0.1, -0.05) is 13.0 Å². The normalized spacial score (nSPS) is 20.5. The van der Waals surface area contributed by atoms with Crippen LogP contribution in [-0.4, -0.2) is 31.1 Å². The lowest BCUT2D eigenvalue weighted by atomic mass is 10.0. The Kier molecular flexibility index (Phi) is 5.11. The molecule has 2 atom stereocenters. The van der Waals surface area contributed by atoms with Crippen molar-refractivity contribution in [1.82, 2.24) is 5.32 Å². The van der Waals surface area contributed by atoms with Gasteiger partial charge in [-0.3, -0.25) is 0 Å². The molecule has 1 aromatic carbocycles. The molecule has 0 amide bonds. The molecule has 0 aliphatic carbocycles. The molecule has 0 aromatic heterocycles. The molecule has 0 radical (unpaired) electrons. The predicted octanol–water partition coefficient (Wildman–Crippen LogP) is 3.44. The summed E-state index contributed by atoms with van der Waals surface area (Å²) in [4.78, 5) is 2.26. The van der Waals surface area contributed by atoms with Gasteiger partial charge in [-0.25, -0.2) is 4.39 Å². The van der Waals surface area contributed by atoms with Gasteiger partial charge in [-0.05, 0) is 37.8 Å². The van der Waals surface area contributed by atoms with Crippen LogP contribution in [0.15, 0.2) is 18.2 Å². The van der Waals surface area contributed by atoms with Gasteiger partial charge in [-0.2, -0.15) is 11.8 Å². The first-order chi connectivity index (χ1) is 9.15. The van der Waals surface area contributed by atoms with Crippen LogP contribution in [0.1, 0.15) is 31.9 Å². The van der Waals surface area contributed by atoms with Crippen LogP contribution in [0.25, 0.3) is 0 Å². The van der Waals surface area contributed by atoms with Crippen LogP contribution < -0.4 is 10.2 Å². The molecule has 2 nitrogen and oxygen atoms in total. The summed E-state index contributed by atoms with van der Waals surface area (Å²) in [6.45, 7) is 4.93. The van der Waals surface area contributed by atoms with Gasteiger partial charge in [0.25, 0.3) is 0 Å². The number of benzene rings is 1. The summed E-state index contributed by atoms with van der Waals surface area (Å²) < 4.78 is 14.2. The van der Waals surface area contributed by atoms with Crippen LogP contribution in [0, 0.1) is 5.82 Å². The van der Waals surface area contributed by atoms with Crippen LogP contribution in [-0.2, 0) is 0 Å². The molecular weight excluding hydrogens is 259 g/mol. The first-order valence-corrected chi connectivity index (χ1v) is 8.13. The van der Waals surface area contributed by atoms with E-state index in [-0.39, 0.29) is 11.9 Å². The fraction of sp³-hybridized carbons (Fsp3) is 0.600. The number of rotatable bonds is 5. The predicted molar refractivity (Wildman–Crippen MR) is 82.6 cm³/mol. The van der Waals surface area contributed by atoms with Crippen molar-refractivity contribution in [3.63, 3.8) is 0 Å². The molecule has 1 aliphatic heterocycles. The van der Waals surface area contributed by atoms with Crippen molar-refractivity contribution >= 4 is 17.4 Å². The molecular formula is C15H23FN2S. The summed E-state index contributed by atoms with van der Waals surface area (Å²) in [6, 6.07) is 5.97. The Balaban J connectivity index is 2.30. The third kappa shape index (κ3) is 3.23. The third-order valence-corrected chi connectivity index (χ3v) is 4.95. The zero-order chi connectivity index (χ0) is 13.8. The Morgan fingerprint density at radius 2 is 2.32 bits per heavy atom. The highest BCUT2D eigenvalue weighted by molar-refractivity contribution is 7.99. The van der Waals surface area contributed by atoms with Gasteiger partial charge in [0.05, 0.1) is 0 Å². The zero-order valence-corrected chi connectivity index (χ0v) is 12.8. The van der Waals surface area contributed by atoms with E-state index in [0.29, 0.717) is 6.04 Å². The Bertz CT molecular complexity index is 419. The van der Waals surface area contributed by atoms with Crippen LogP contribution in [0.5, 0.6) is 0 Å². The van der Waals surface area contributed by atoms with E-state index in [9.17, 15) is 4.39 Å². The largest absolute Gasteiger partial charge is 0.370 e. The molecule has 1 heterocycles. The Morgan fingerprint density at radius 1 is 1.53 bits per heavy atom. The molecule has 106 valence electrons. The molecule has 2 unspecified atom stereocenters. The Labute approximate surface area is 119 Å². The van der Waals surface area contributed by atoms with Crippen LogP contribution in [0.2, 0.25) is 0 Å². The van der Waals surface area contributed by atoms with Crippen molar-refractivity contribution in [3.05, 3.63) is 29.6 Å². The second-order valence-corrected chi connectivity index (χ2v) is 6.23. The molecule has 0 saturated carbocycles. The van der Waals surface area contributed by atoms with E-state index >= 15 is 0 Å². The number of anilines is 1. The first-order valence-electron chi connectivity index (χ1n) is 6.97. The highest BCUT2D eigenvalue weighted by Crippen LogP contribution is 2.32. The van der Waals surface area contributed by atoms with Crippen molar-refractivity contribution in [1.29, 1.82) is 0 Å². The molecule has 4 heteroatoms. The van der Waals surface area contributed by atoms with Gasteiger partial charge < -0.3 is 10.2 Å². The highest BCUT2D eigenvalue weighted by atomic mass is 32.2. The lowest BCUT2D eigenvalue weighted by Gasteiger charge is -2.30. The van der Waals surface area contributed by atoms with Gasteiger partial charge in [-0.15, -0.1) is 0 Å². The molecule has 0 spiro atoms. The lowest BCUT2D eigenvalue weighted by molar-refractivity contribution is 0.537. The maximum Gasteiger partial charge on any atom is 0.130 e. The lowest BCUT2D eigenvalue weighted by Crippen LogP contribution is -2.33. The maximum absolute atomic E-state index is 14.2. The Hall–Kier alpha value is -0.740. The summed E-state index contributed by atoms with van der Waals surface area (Å²) in [5.74, 6) is 2.24. The summed E-state index contributed by atoms with van der Waals surface area (Å²) >= 11 is 1.98. The second kappa shape index (κ2) is 6.62. The van der Waals surface area contributed by atoms with Gasteiger partial charge >= 0.3 is 0 Å². The first kappa shape index (κ1) is 14.7. The fourth-order valence-electron chi connectivity index (χ4n) is 2.69. The van der Waals surface area contributed by atoms with Crippen LogP contribution >= 0.6 is 11.8 Å². The second-order valence-electron chi connectivity index (χ2n) is 5.08. The van der Waals surface area contributed by atoms with Crippen molar-refractivity contribution in [2.24, 2.45) is 0 Å². The number of nitrogens with one attached hydrogen (secondary N) is 1. The monoisotopic (exact) mass is 282 g/mol. The molecule has 2 rings (SSSR count). The van der Waals surface area contributed by atoms with E-state index in [2.05, 4.69) is 17.3 Å². The molecule has 1 aromatic rings. The van der Waals surface area contributed by atoms with E-state index in [1.54, 1.807) is 6.07 Å². The summed E-state index contributed by atoms with van der Waals surface area (Å²) in [7, 11) is 2.09. The van der Waals surface area contributed by atoms with E-state index in [1.807, 2.05) is 37.7 Å². The topological polar surface area (TPSA) is 15.3 Å². The van der Waals surface area contributed by atoms with Gasteiger partial charge in [0.1, 0.15) is 5.82 Å². The molecule has 1 aliphatic rings. The van der Waals surface area contributed by atoms with Crippen LogP contribution in [0.3, 0.4) is 0 Å².